The van der Waals surface area contributed by atoms with E-state index < -0.39 is 9.73 Å². The third-order valence-electron chi connectivity index (χ3n) is 2.39. The maximum absolute atomic E-state index is 11.6. The zero-order chi connectivity index (χ0) is 11.6. The van der Waals surface area contributed by atoms with Gasteiger partial charge >= 0.3 is 0 Å². The topological polar surface area (TPSA) is 40.9 Å². The Morgan fingerprint density at radius 1 is 0.938 bits per heavy atom. The lowest BCUT2D eigenvalue weighted by molar-refractivity contribution is 0.679. The van der Waals surface area contributed by atoms with Gasteiger partial charge < -0.3 is 0 Å². The van der Waals surface area contributed by atoms with Gasteiger partial charge in [0.1, 0.15) is 0 Å². The van der Waals surface area contributed by atoms with E-state index in [1.807, 2.05) is 48.5 Å². The van der Waals surface area contributed by atoms with Crippen molar-refractivity contribution < 1.29 is 4.21 Å². The van der Waals surface area contributed by atoms with Crippen molar-refractivity contribution >= 4 is 9.73 Å². The Morgan fingerprint density at radius 3 is 2.19 bits per heavy atom. The molecule has 0 aromatic heterocycles. The van der Waals surface area contributed by atoms with E-state index in [1.165, 1.54) is 6.26 Å². The van der Waals surface area contributed by atoms with Gasteiger partial charge in [-0.3, -0.25) is 0 Å². The predicted molar refractivity (Wildman–Crippen MR) is 66.9 cm³/mol. The molecule has 82 valence electrons. The molecule has 0 radical (unpaired) electrons. The maximum atomic E-state index is 11.6. The minimum absolute atomic E-state index is 0.578. The van der Waals surface area contributed by atoms with Crippen molar-refractivity contribution in [3.8, 4) is 11.1 Å². The minimum Gasteiger partial charge on any atom is -0.249 e. The van der Waals surface area contributed by atoms with Crippen LogP contribution in [0.4, 0.5) is 0 Å². The summed E-state index contributed by atoms with van der Waals surface area (Å²) < 4.78 is 19.2. The summed E-state index contributed by atoms with van der Waals surface area (Å²) in [5, 5.41) is 0. The summed E-state index contributed by atoms with van der Waals surface area (Å²) in [4.78, 5) is 0.578. The summed E-state index contributed by atoms with van der Waals surface area (Å²) in [6.07, 6.45) is 1.44. The second-order valence-corrected chi connectivity index (χ2v) is 5.90. The van der Waals surface area contributed by atoms with E-state index in [2.05, 4.69) is 0 Å². The van der Waals surface area contributed by atoms with Crippen LogP contribution in [0.3, 0.4) is 0 Å². The maximum Gasteiger partial charge on any atom is 0.0697 e. The Morgan fingerprint density at radius 2 is 1.56 bits per heavy atom. The third-order valence-corrected chi connectivity index (χ3v) is 3.54. The molecule has 1 N–H and O–H groups in total. The molecule has 2 aromatic carbocycles. The Labute approximate surface area is 95.9 Å². The van der Waals surface area contributed by atoms with Gasteiger partial charge in [0.15, 0.2) is 0 Å². The van der Waals surface area contributed by atoms with Crippen molar-refractivity contribution in [2.45, 2.75) is 4.90 Å². The molecule has 0 fully saturated rings. The van der Waals surface area contributed by atoms with Gasteiger partial charge in [0.05, 0.1) is 9.73 Å². The van der Waals surface area contributed by atoms with Crippen molar-refractivity contribution in [3.05, 3.63) is 54.6 Å². The Balaban J connectivity index is 2.53. The lowest BCUT2D eigenvalue weighted by Gasteiger charge is -2.05. The molecule has 1 unspecified atom stereocenters. The first-order valence-electron chi connectivity index (χ1n) is 4.97. The second kappa shape index (κ2) is 4.10. The Kier molecular flexibility index (Phi) is 2.79. The monoisotopic (exact) mass is 231 g/mol. The van der Waals surface area contributed by atoms with Gasteiger partial charge in [-0.05, 0) is 23.3 Å². The summed E-state index contributed by atoms with van der Waals surface area (Å²) in [6.45, 7) is 0. The normalized spacial score (nSPS) is 14.3. The van der Waals surface area contributed by atoms with Gasteiger partial charge in [-0.1, -0.05) is 42.5 Å². The van der Waals surface area contributed by atoms with E-state index >= 15 is 0 Å². The number of hydrogen-bond acceptors (Lipinski definition) is 2. The van der Waals surface area contributed by atoms with E-state index in [-0.39, 0.29) is 0 Å². The van der Waals surface area contributed by atoms with Crippen LogP contribution in [-0.4, -0.2) is 10.5 Å². The summed E-state index contributed by atoms with van der Waals surface area (Å²) in [6, 6.07) is 17.3. The highest BCUT2D eigenvalue weighted by Gasteiger charge is 2.04. The molecule has 3 heteroatoms. The van der Waals surface area contributed by atoms with Gasteiger partial charge in [-0.15, -0.1) is 0 Å². The molecule has 1 atom stereocenters. The fraction of sp³-hybridized carbons (Fsp3) is 0.0769. The van der Waals surface area contributed by atoms with Crippen molar-refractivity contribution in [3.63, 3.8) is 0 Å². The van der Waals surface area contributed by atoms with Crippen LogP contribution in [0.25, 0.3) is 11.1 Å². The highest BCUT2D eigenvalue weighted by Crippen LogP contribution is 2.22. The first-order chi connectivity index (χ1) is 7.57. The van der Waals surface area contributed by atoms with Crippen molar-refractivity contribution in [2.24, 2.45) is 0 Å². The first-order valence-corrected chi connectivity index (χ1v) is 6.93. The molecule has 0 aliphatic heterocycles. The smallest absolute Gasteiger partial charge is 0.0697 e. The summed E-state index contributed by atoms with van der Waals surface area (Å²) in [7, 11) is -2.63. The quantitative estimate of drug-likeness (QED) is 0.845. The molecule has 0 bridgehead atoms. The van der Waals surface area contributed by atoms with Crippen LogP contribution in [0.2, 0.25) is 0 Å². The SMILES string of the molecule is CS(=N)(=O)c1cccc(-c2ccccc2)c1. The number of hydrogen-bond donors (Lipinski definition) is 1. The van der Waals surface area contributed by atoms with Crippen LogP contribution in [0, 0.1) is 4.78 Å². The van der Waals surface area contributed by atoms with Crippen LogP contribution in [0.5, 0.6) is 0 Å². The molecule has 2 aromatic rings. The van der Waals surface area contributed by atoms with Gasteiger partial charge in [0.2, 0.25) is 0 Å². The number of benzene rings is 2. The lowest BCUT2D eigenvalue weighted by atomic mass is 10.1. The van der Waals surface area contributed by atoms with E-state index in [0.717, 1.165) is 11.1 Å². The average Bonchev–Trinajstić information content (AvgIpc) is 2.29. The van der Waals surface area contributed by atoms with E-state index in [1.54, 1.807) is 6.07 Å². The van der Waals surface area contributed by atoms with Crippen molar-refractivity contribution in [1.29, 1.82) is 4.78 Å². The largest absolute Gasteiger partial charge is 0.249 e. The van der Waals surface area contributed by atoms with Gasteiger partial charge in [-0.2, -0.15) is 0 Å². The molecule has 0 aliphatic rings. The van der Waals surface area contributed by atoms with E-state index in [0.29, 0.717) is 4.90 Å². The Bertz CT molecular complexity index is 588. The molecular weight excluding hydrogens is 218 g/mol. The fourth-order valence-corrected chi connectivity index (χ4v) is 2.24. The molecular formula is C13H13NOS. The van der Waals surface area contributed by atoms with Crippen LogP contribution < -0.4 is 0 Å². The van der Waals surface area contributed by atoms with Crippen LogP contribution in [0.15, 0.2) is 59.5 Å². The molecule has 0 saturated carbocycles. The van der Waals surface area contributed by atoms with Crippen LogP contribution >= 0.6 is 0 Å². The van der Waals surface area contributed by atoms with E-state index in [4.69, 9.17) is 4.78 Å². The molecule has 0 heterocycles. The van der Waals surface area contributed by atoms with Gasteiger partial charge in [0.25, 0.3) is 0 Å². The fourth-order valence-electron chi connectivity index (χ4n) is 1.55. The van der Waals surface area contributed by atoms with E-state index in [9.17, 15) is 4.21 Å². The number of nitrogens with one attached hydrogen (secondary N) is 1. The molecule has 2 rings (SSSR count). The summed E-state index contributed by atoms with van der Waals surface area (Å²) >= 11 is 0. The van der Waals surface area contributed by atoms with Crippen LogP contribution in [0.1, 0.15) is 0 Å². The zero-order valence-electron chi connectivity index (χ0n) is 9.01. The highest BCUT2D eigenvalue weighted by molar-refractivity contribution is 7.91. The van der Waals surface area contributed by atoms with Gasteiger partial charge in [-0.25, -0.2) is 8.99 Å². The predicted octanol–water partition coefficient (Wildman–Crippen LogP) is 3.39. The van der Waals surface area contributed by atoms with Crippen molar-refractivity contribution in [2.75, 3.05) is 6.26 Å². The Hall–Kier alpha value is -1.61. The van der Waals surface area contributed by atoms with Crippen molar-refractivity contribution in [1.82, 2.24) is 0 Å². The molecule has 0 amide bonds. The molecule has 0 aliphatic carbocycles. The average molecular weight is 231 g/mol. The minimum atomic E-state index is -2.63. The molecule has 0 spiro atoms. The zero-order valence-corrected chi connectivity index (χ0v) is 9.83. The summed E-state index contributed by atoms with van der Waals surface area (Å²) in [5.41, 5.74) is 2.08. The highest BCUT2D eigenvalue weighted by atomic mass is 32.2. The molecule has 0 saturated heterocycles. The molecule has 16 heavy (non-hydrogen) atoms. The number of rotatable bonds is 2. The summed E-state index contributed by atoms with van der Waals surface area (Å²) in [5.74, 6) is 0. The standard InChI is InChI=1S/C13H13NOS/c1-16(14,15)13-9-5-8-12(10-13)11-6-3-2-4-7-11/h2-10,14H,1H3. The first kappa shape index (κ1) is 10.9. The van der Waals surface area contributed by atoms with Gasteiger partial charge in [0, 0.05) is 11.2 Å². The van der Waals surface area contributed by atoms with Crippen LogP contribution in [-0.2, 0) is 9.73 Å². The third kappa shape index (κ3) is 2.31. The lowest BCUT2D eigenvalue weighted by Crippen LogP contribution is -1.94. The second-order valence-electron chi connectivity index (χ2n) is 3.74. The molecule has 2 nitrogen and oxygen atoms in total.